The van der Waals surface area contributed by atoms with Crippen molar-refractivity contribution in [2.24, 2.45) is 0 Å². The van der Waals surface area contributed by atoms with Crippen LogP contribution in [-0.2, 0) is 10.0 Å². The van der Waals surface area contributed by atoms with Crippen LogP contribution in [0.3, 0.4) is 0 Å². The standard InChI is InChI=1S/C22H21N3O5S/c1-15-6-10-18(11-7-15)25-31(28,29)20-5-3-4-17(14-20)22(27)24-23-21(26)16-8-12-19(30-2)13-9-16/h3-14,25H,1-2H3,(H,23,26)(H,24,27). The van der Waals surface area contributed by atoms with Crippen LogP contribution in [0.1, 0.15) is 26.3 Å². The number of methoxy groups -OCH3 is 1. The zero-order chi connectivity index (χ0) is 22.4. The average molecular weight is 439 g/mol. The molecule has 31 heavy (non-hydrogen) atoms. The molecule has 2 amide bonds. The minimum atomic E-state index is -3.89. The maximum absolute atomic E-state index is 12.6. The van der Waals surface area contributed by atoms with Crippen molar-refractivity contribution in [1.82, 2.24) is 10.9 Å². The number of carbonyl (C=O) groups excluding carboxylic acids is 2. The average Bonchev–Trinajstić information content (AvgIpc) is 2.78. The van der Waals surface area contributed by atoms with Crippen molar-refractivity contribution in [3.05, 3.63) is 89.5 Å². The van der Waals surface area contributed by atoms with Gasteiger partial charge in [-0.05, 0) is 61.5 Å². The summed E-state index contributed by atoms with van der Waals surface area (Å²) in [7, 11) is -2.38. The van der Waals surface area contributed by atoms with Crippen molar-refractivity contribution >= 4 is 27.5 Å². The van der Waals surface area contributed by atoms with Crippen LogP contribution < -0.4 is 20.3 Å². The lowest BCUT2D eigenvalue weighted by Crippen LogP contribution is -2.41. The molecular weight excluding hydrogens is 418 g/mol. The number of hydrogen-bond donors (Lipinski definition) is 3. The van der Waals surface area contributed by atoms with Crippen LogP contribution in [0.5, 0.6) is 5.75 Å². The van der Waals surface area contributed by atoms with Crippen LogP contribution in [-0.4, -0.2) is 27.3 Å². The van der Waals surface area contributed by atoms with E-state index in [1.165, 1.54) is 31.4 Å². The van der Waals surface area contributed by atoms with E-state index < -0.39 is 21.8 Å². The second-order valence-corrected chi connectivity index (χ2v) is 8.32. The van der Waals surface area contributed by atoms with Crippen LogP contribution in [0.25, 0.3) is 0 Å². The Kier molecular flexibility index (Phi) is 6.56. The van der Waals surface area contributed by atoms with Crippen LogP contribution in [0, 0.1) is 6.92 Å². The SMILES string of the molecule is COc1ccc(C(=O)NNC(=O)c2cccc(S(=O)(=O)Nc3ccc(C)cc3)c2)cc1. The fraction of sp³-hybridized carbons (Fsp3) is 0.0909. The molecule has 0 atom stereocenters. The molecule has 0 fully saturated rings. The summed E-state index contributed by atoms with van der Waals surface area (Å²) in [6.07, 6.45) is 0. The number of anilines is 1. The Labute approximate surface area is 180 Å². The third-order valence-electron chi connectivity index (χ3n) is 4.35. The lowest BCUT2D eigenvalue weighted by molar-refractivity contribution is 0.0846. The van der Waals surface area contributed by atoms with E-state index in [1.54, 1.807) is 48.5 Å². The predicted octanol–water partition coefficient (Wildman–Crippen LogP) is 2.88. The summed E-state index contributed by atoms with van der Waals surface area (Å²) in [6, 6.07) is 18.7. The van der Waals surface area contributed by atoms with E-state index in [0.29, 0.717) is 17.0 Å². The number of carbonyl (C=O) groups is 2. The largest absolute Gasteiger partial charge is 0.497 e. The molecule has 9 heteroatoms. The first kappa shape index (κ1) is 21.8. The number of rotatable bonds is 6. The van der Waals surface area contributed by atoms with Crippen molar-refractivity contribution in [3.8, 4) is 5.75 Å². The van der Waals surface area contributed by atoms with Gasteiger partial charge in [-0.3, -0.25) is 25.2 Å². The molecule has 3 aromatic rings. The summed E-state index contributed by atoms with van der Waals surface area (Å²) in [5, 5.41) is 0. The first-order valence-electron chi connectivity index (χ1n) is 9.23. The number of hydrazine groups is 1. The van der Waals surface area contributed by atoms with Gasteiger partial charge in [0.15, 0.2) is 0 Å². The smallest absolute Gasteiger partial charge is 0.269 e. The zero-order valence-corrected chi connectivity index (χ0v) is 17.7. The van der Waals surface area contributed by atoms with Crippen LogP contribution in [0.15, 0.2) is 77.7 Å². The highest BCUT2D eigenvalue weighted by molar-refractivity contribution is 7.92. The Morgan fingerprint density at radius 3 is 2.03 bits per heavy atom. The highest BCUT2D eigenvalue weighted by Crippen LogP contribution is 2.18. The highest BCUT2D eigenvalue weighted by Gasteiger charge is 2.17. The van der Waals surface area contributed by atoms with Crippen molar-refractivity contribution in [3.63, 3.8) is 0 Å². The van der Waals surface area contributed by atoms with Gasteiger partial charge >= 0.3 is 0 Å². The third-order valence-corrected chi connectivity index (χ3v) is 5.73. The Bertz CT molecular complexity index is 1190. The topological polar surface area (TPSA) is 114 Å². The molecule has 0 spiro atoms. The van der Waals surface area contributed by atoms with Crippen LogP contribution in [0.2, 0.25) is 0 Å². The molecule has 3 aromatic carbocycles. The maximum Gasteiger partial charge on any atom is 0.269 e. The molecule has 0 bridgehead atoms. The van der Waals surface area contributed by atoms with Gasteiger partial charge in [0, 0.05) is 16.8 Å². The number of ether oxygens (including phenoxy) is 1. The van der Waals surface area contributed by atoms with Gasteiger partial charge in [-0.15, -0.1) is 0 Å². The van der Waals surface area contributed by atoms with E-state index in [0.717, 1.165) is 5.56 Å². The molecular formula is C22H21N3O5S. The van der Waals surface area contributed by atoms with Gasteiger partial charge in [0.1, 0.15) is 5.75 Å². The molecule has 160 valence electrons. The van der Waals surface area contributed by atoms with Crippen molar-refractivity contribution in [2.45, 2.75) is 11.8 Å². The summed E-state index contributed by atoms with van der Waals surface area (Å²) in [4.78, 5) is 24.5. The number of benzene rings is 3. The molecule has 0 unspecified atom stereocenters. The Hall–Kier alpha value is -3.85. The lowest BCUT2D eigenvalue weighted by atomic mass is 10.2. The molecule has 0 saturated heterocycles. The molecule has 3 N–H and O–H groups in total. The quantitative estimate of drug-likeness (QED) is 0.511. The predicted molar refractivity (Wildman–Crippen MR) is 116 cm³/mol. The Balaban J connectivity index is 1.67. The van der Waals surface area contributed by atoms with Gasteiger partial charge in [0.2, 0.25) is 0 Å². The number of nitrogens with one attached hydrogen (secondary N) is 3. The van der Waals surface area contributed by atoms with Gasteiger partial charge in [-0.1, -0.05) is 23.8 Å². The summed E-state index contributed by atoms with van der Waals surface area (Å²) < 4.78 is 32.8. The third kappa shape index (κ3) is 5.61. The molecule has 0 aliphatic rings. The van der Waals surface area contributed by atoms with Crippen LogP contribution >= 0.6 is 0 Å². The molecule has 8 nitrogen and oxygen atoms in total. The number of hydrogen-bond acceptors (Lipinski definition) is 5. The molecule has 3 rings (SSSR count). The van der Waals surface area contributed by atoms with E-state index in [4.69, 9.17) is 4.74 Å². The molecule has 0 aliphatic heterocycles. The fourth-order valence-electron chi connectivity index (χ4n) is 2.64. The maximum atomic E-state index is 12.6. The van der Waals surface area contributed by atoms with Crippen molar-refractivity contribution < 1.29 is 22.7 Å². The molecule has 0 saturated carbocycles. The van der Waals surface area contributed by atoms with Crippen LogP contribution in [0.4, 0.5) is 5.69 Å². The second-order valence-electron chi connectivity index (χ2n) is 6.64. The van der Waals surface area contributed by atoms with E-state index in [1.807, 2.05) is 6.92 Å². The van der Waals surface area contributed by atoms with Gasteiger partial charge in [-0.25, -0.2) is 8.42 Å². The molecule has 0 radical (unpaired) electrons. The van der Waals surface area contributed by atoms with E-state index in [2.05, 4.69) is 15.6 Å². The first-order valence-corrected chi connectivity index (χ1v) is 10.7. The summed E-state index contributed by atoms with van der Waals surface area (Å²) in [6.45, 7) is 1.90. The fourth-order valence-corrected chi connectivity index (χ4v) is 3.74. The zero-order valence-electron chi connectivity index (χ0n) is 16.9. The monoisotopic (exact) mass is 439 g/mol. The Morgan fingerprint density at radius 1 is 0.806 bits per heavy atom. The van der Waals surface area contributed by atoms with E-state index >= 15 is 0 Å². The van der Waals surface area contributed by atoms with Crippen molar-refractivity contribution in [1.29, 1.82) is 0 Å². The second kappa shape index (κ2) is 9.31. The van der Waals surface area contributed by atoms with E-state index in [-0.39, 0.29) is 10.5 Å². The summed E-state index contributed by atoms with van der Waals surface area (Å²) in [5.74, 6) is -0.590. The van der Waals surface area contributed by atoms with E-state index in [9.17, 15) is 18.0 Å². The van der Waals surface area contributed by atoms with Gasteiger partial charge in [-0.2, -0.15) is 0 Å². The molecule has 0 aliphatic carbocycles. The number of aryl methyl sites for hydroxylation is 1. The highest BCUT2D eigenvalue weighted by atomic mass is 32.2. The normalized spacial score (nSPS) is 10.8. The summed E-state index contributed by atoms with van der Waals surface area (Å²) in [5.41, 5.74) is 6.37. The van der Waals surface area contributed by atoms with Gasteiger partial charge in [0.25, 0.3) is 21.8 Å². The molecule has 0 aromatic heterocycles. The first-order chi connectivity index (χ1) is 14.8. The van der Waals surface area contributed by atoms with Gasteiger partial charge in [0.05, 0.1) is 12.0 Å². The molecule has 0 heterocycles. The Morgan fingerprint density at radius 2 is 1.42 bits per heavy atom. The summed E-state index contributed by atoms with van der Waals surface area (Å²) >= 11 is 0. The number of sulfonamides is 1. The minimum Gasteiger partial charge on any atom is -0.497 e. The van der Waals surface area contributed by atoms with Crippen molar-refractivity contribution in [2.75, 3.05) is 11.8 Å². The van der Waals surface area contributed by atoms with Gasteiger partial charge < -0.3 is 4.74 Å². The minimum absolute atomic E-state index is 0.0711. The lowest BCUT2D eigenvalue weighted by Gasteiger charge is -2.11. The number of amides is 2.